The van der Waals surface area contributed by atoms with E-state index in [0.29, 0.717) is 12.8 Å². The number of hydrogen-bond acceptors (Lipinski definition) is 6. The van der Waals surface area contributed by atoms with Crippen LogP contribution in [0.25, 0.3) is 0 Å². The van der Waals surface area contributed by atoms with E-state index in [9.17, 15) is 36.6 Å². The summed E-state index contributed by atoms with van der Waals surface area (Å²) in [5.41, 5.74) is -1.79. The number of nitrogens with one attached hydrogen (secondary N) is 1. The van der Waals surface area contributed by atoms with Crippen molar-refractivity contribution < 1.29 is 36.6 Å². The number of anilines is 1. The Balaban J connectivity index is 1.39. The van der Waals surface area contributed by atoms with E-state index in [2.05, 4.69) is 10.3 Å². The third kappa shape index (κ3) is 4.93. The Hall–Kier alpha value is -2.99. The van der Waals surface area contributed by atoms with E-state index in [4.69, 9.17) is 11.6 Å². The molecule has 0 spiro atoms. The molecule has 2 aromatic carbocycles. The second-order valence-electron chi connectivity index (χ2n) is 10.0. The van der Waals surface area contributed by atoms with Crippen molar-refractivity contribution in [2.24, 2.45) is 11.8 Å². The number of benzene rings is 2. The molecule has 206 valence electrons. The summed E-state index contributed by atoms with van der Waals surface area (Å²) in [6, 6.07) is 10.4. The summed E-state index contributed by atoms with van der Waals surface area (Å²) < 4.78 is 67.8. The summed E-state index contributed by atoms with van der Waals surface area (Å²) in [5.74, 6) is -5.00. The van der Waals surface area contributed by atoms with E-state index in [-0.39, 0.29) is 39.7 Å². The molecule has 3 aromatic rings. The van der Waals surface area contributed by atoms with Crippen molar-refractivity contribution in [3.05, 3.63) is 88.5 Å². The van der Waals surface area contributed by atoms with Crippen molar-refractivity contribution in [1.82, 2.24) is 4.98 Å². The van der Waals surface area contributed by atoms with Gasteiger partial charge in [-0.1, -0.05) is 17.7 Å². The number of aliphatic hydroxyl groups excluding tert-OH is 1. The number of pyridine rings is 1. The summed E-state index contributed by atoms with van der Waals surface area (Å²) >= 11 is 6.26. The zero-order valence-corrected chi connectivity index (χ0v) is 21.9. The number of carbonyl (C=O) groups excluding carboxylic acids is 1. The number of aliphatic hydroxyl groups is 2. The Kier molecular flexibility index (Phi) is 7.21. The summed E-state index contributed by atoms with van der Waals surface area (Å²) in [6.07, 6.45) is -0.540. The molecule has 2 fully saturated rings. The Bertz CT molecular complexity index is 1540. The number of carbonyl (C=O) groups is 1. The topological polar surface area (TPSA) is 117 Å². The monoisotopic (exact) mass is 580 g/mol. The fourth-order valence-corrected chi connectivity index (χ4v) is 8.28. The van der Waals surface area contributed by atoms with Gasteiger partial charge in [-0.3, -0.25) is 4.79 Å². The van der Waals surface area contributed by atoms with Gasteiger partial charge in [-0.25, -0.2) is 22.2 Å². The number of hydrogen-bond donors (Lipinski definition) is 3. The molecule has 2 aliphatic rings. The van der Waals surface area contributed by atoms with Gasteiger partial charge in [0.05, 0.1) is 20.9 Å². The molecule has 5 rings (SSSR count). The first-order valence-corrected chi connectivity index (χ1v) is 14.2. The highest BCUT2D eigenvalue weighted by Gasteiger charge is 2.59. The molecule has 1 amide bonds. The lowest BCUT2D eigenvalue weighted by Gasteiger charge is -2.45. The lowest BCUT2D eigenvalue weighted by Crippen LogP contribution is -2.52. The smallest absolute Gasteiger partial charge is 0.255 e. The Morgan fingerprint density at radius 3 is 2.36 bits per heavy atom. The highest BCUT2D eigenvalue weighted by Crippen LogP contribution is 2.56. The van der Waals surface area contributed by atoms with Crippen molar-refractivity contribution in [3.63, 3.8) is 0 Å². The zero-order valence-electron chi connectivity index (χ0n) is 20.3. The molecule has 3 unspecified atom stereocenters. The maximum absolute atomic E-state index is 13.7. The van der Waals surface area contributed by atoms with Crippen molar-refractivity contribution in [1.29, 1.82) is 0 Å². The molecule has 7 nitrogen and oxygen atoms in total. The van der Waals surface area contributed by atoms with Crippen LogP contribution in [0.5, 0.6) is 0 Å². The summed E-state index contributed by atoms with van der Waals surface area (Å²) in [4.78, 5) is 16.2. The fourth-order valence-electron chi connectivity index (χ4n) is 5.87. The second-order valence-corrected chi connectivity index (χ2v) is 12.6. The molecular formula is C27H24ClF3N2O5S. The molecule has 0 saturated heterocycles. The third-order valence-electron chi connectivity index (χ3n) is 7.84. The first-order valence-electron chi connectivity index (χ1n) is 12.2. The summed E-state index contributed by atoms with van der Waals surface area (Å²) in [6.45, 7) is 0. The van der Waals surface area contributed by atoms with E-state index in [1.807, 2.05) is 0 Å². The van der Waals surface area contributed by atoms with Crippen LogP contribution in [0.4, 0.5) is 18.9 Å². The predicted octanol–water partition coefficient (Wildman–Crippen LogP) is 4.83. The van der Waals surface area contributed by atoms with Crippen molar-refractivity contribution in [3.8, 4) is 0 Å². The van der Waals surface area contributed by atoms with Crippen LogP contribution in [0, 0.1) is 29.4 Å². The molecule has 1 aromatic heterocycles. The molecule has 0 radical (unpaired) electrons. The lowest BCUT2D eigenvalue weighted by atomic mass is 9.70. The quantitative estimate of drug-likeness (QED) is 0.360. The van der Waals surface area contributed by atoms with Gasteiger partial charge in [0.15, 0.2) is 21.5 Å². The third-order valence-corrected chi connectivity index (χ3v) is 10.5. The van der Waals surface area contributed by atoms with Crippen LogP contribution in [0.15, 0.2) is 59.5 Å². The van der Waals surface area contributed by atoms with Crippen LogP contribution in [0.1, 0.15) is 47.8 Å². The molecule has 1 heterocycles. The predicted molar refractivity (Wildman–Crippen MR) is 136 cm³/mol. The van der Waals surface area contributed by atoms with Gasteiger partial charge in [0, 0.05) is 17.3 Å². The van der Waals surface area contributed by atoms with Crippen LogP contribution in [0.2, 0.25) is 5.02 Å². The second kappa shape index (κ2) is 10.2. The number of rotatable bonds is 6. The summed E-state index contributed by atoms with van der Waals surface area (Å²) in [5, 5.41) is 23.9. The van der Waals surface area contributed by atoms with Gasteiger partial charge in [0.1, 0.15) is 11.7 Å². The van der Waals surface area contributed by atoms with Gasteiger partial charge < -0.3 is 15.5 Å². The zero-order chi connectivity index (χ0) is 28.1. The van der Waals surface area contributed by atoms with E-state index in [1.54, 1.807) is 0 Å². The Morgan fingerprint density at radius 2 is 1.72 bits per heavy atom. The number of amides is 1. The van der Waals surface area contributed by atoms with Crippen LogP contribution < -0.4 is 5.32 Å². The molecular weight excluding hydrogens is 557 g/mol. The van der Waals surface area contributed by atoms with Crippen molar-refractivity contribution in [2.75, 3.05) is 5.32 Å². The number of sulfone groups is 1. The minimum absolute atomic E-state index is 0.0172. The maximum atomic E-state index is 13.7. The molecule has 2 aliphatic carbocycles. The molecule has 2 bridgehead atoms. The first kappa shape index (κ1) is 27.6. The van der Waals surface area contributed by atoms with Crippen LogP contribution in [-0.4, -0.2) is 40.4 Å². The number of halogens is 4. The van der Waals surface area contributed by atoms with E-state index in [1.165, 1.54) is 24.3 Å². The average Bonchev–Trinajstić information content (AvgIpc) is 3.05. The van der Waals surface area contributed by atoms with Gasteiger partial charge in [0.25, 0.3) is 5.91 Å². The van der Waals surface area contributed by atoms with Gasteiger partial charge in [-0.15, -0.1) is 0 Å². The molecule has 5 atom stereocenters. The minimum Gasteiger partial charge on any atom is -0.386 e. The molecule has 2 saturated carbocycles. The maximum Gasteiger partial charge on any atom is 0.255 e. The number of fused-ring (bicyclic) bond motifs is 2. The van der Waals surface area contributed by atoms with Crippen molar-refractivity contribution in [2.45, 2.75) is 47.5 Å². The van der Waals surface area contributed by atoms with Crippen LogP contribution in [-0.2, 0) is 9.84 Å². The Morgan fingerprint density at radius 1 is 1.03 bits per heavy atom. The van der Waals surface area contributed by atoms with Crippen LogP contribution in [0.3, 0.4) is 0 Å². The van der Waals surface area contributed by atoms with E-state index >= 15 is 0 Å². The Labute approximate surface area is 227 Å². The normalized spacial score (nSPS) is 25.3. The average molecular weight is 581 g/mol. The molecule has 0 aliphatic heterocycles. The van der Waals surface area contributed by atoms with E-state index in [0.717, 1.165) is 30.3 Å². The standard InChI is InChI=1S/C27H24ClF3N2O5S/c28-19-8-4-14(26(35)32-17-7-9-20(29)21(30)13-17)10-23(19)39(37,38)18-11-15-5-6-16(12-18)27(15,36)25(34)22-2-1-3-24(31)33-22/h1-4,7-10,13,15-16,18,25,34,36H,5-6,11-12H2,(H,32,35)/t15-,16?,18?,25-,27?/m0/s1. The lowest BCUT2D eigenvalue weighted by molar-refractivity contribution is -0.146. The SMILES string of the molecule is O=C(Nc1ccc(F)c(F)c1)c1ccc(Cl)c(S(=O)(=O)C2CC3CC[C@@H](C2)C3(O)[C@@H](O)c2cccc(F)n2)c1. The highest BCUT2D eigenvalue weighted by molar-refractivity contribution is 7.92. The molecule has 3 N–H and O–H groups in total. The number of aromatic nitrogens is 1. The van der Waals surface area contributed by atoms with E-state index < -0.39 is 62.1 Å². The summed E-state index contributed by atoms with van der Waals surface area (Å²) in [7, 11) is -4.10. The van der Waals surface area contributed by atoms with Crippen LogP contribution >= 0.6 is 11.6 Å². The molecule has 12 heteroatoms. The van der Waals surface area contributed by atoms with Gasteiger partial charge in [-0.2, -0.15) is 4.39 Å². The number of nitrogens with zero attached hydrogens (tertiary/aromatic N) is 1. The molecule has 39 heavy (non-hydrogen) atoms. The van der Waals surface area contributed by atoms with Gasteiger partial charge >= 0.3 is 0 Å². The highest BCUT2D eigenvalue weighted by atomic mass is 35.5. The van der Waals surface area contributed by atoms with Gasteiger partial charge in [-0.05, 0) is 80.0 Å². The minimum atomic E-state index is -4.10. The van der Waals surface area contributed by atoms with Gasteiger partial charge in [0.2, 0.25) is 5.95 Å². The fraction of sp³-hybridized carbons (Fsp3) is 0.333. The first-order chi connectivity index (χ1) is 18.4. The largest absolute Gasteiger partial charge is 0.386 e. The van der Waals surface area contributed by atoms with Crippen molar-refractivity contribution >= 4 is 33.0 Å².